The van der Waals surface area contributed by atoms with Crippen molar-refractivity contribution in [2.24, 2.45) is 7.05 Å². The first-order valence-corrected chi connectivity index (χ1v) is 8.54. The molecule has 0 aliphatic rings. The summed E-state index contributed by atoms with van der Waals surface area (Å²) in [7, 11) is -1.06. The lowest BCUT2D eigenvalue weighted by molar-refractivity contribution is 0.423. The quantitative estimate of drug-likeness (QED) is 0.734. The molecule has 0 unspecified atom stereocenters. The molecule has 21 heavy (non-hydrogen) atoms. The summed E-state index contributed by atoms with van der Waals surface area (Å²) < 4.78 is 29.5. The van der Waals surface area contributed by atoms with Crippen molar-refractivity contribution >= 4 is 20.7 Å². The van der Waals surface area contributed by atoms with Crippen LogP contribution in [0.5, 0.6) is 0 Å². The molecule has 7 heteroatoms. The van der Waals surface area contributed by atoms with Crippen molar-refractivity contribution in [1.29, 1.82) is 0 Å². The Labute approximate surface area is 122 Å². The van der Waals surface area contributed by atoms with Crippen molar-refractivity contribution in [3.63, 3.8) is 0 Å². The fourth-order valence-electron chi connectivity index (χ4n) is 2.14. The number of aromatic nitrogens is 3. The number of aryl methyl sites for hydroxylation is 2. The molecule has 2 aromatic heterocycles. The number of benzene rings is 1. The number of hydrogen-bond acceptors (Lipinski definition) is 5. The van der Waals surface area contributed by atoms with E-state index in [2.05, 4.69) is 10.1 Å². The van der Waals surface area contributed by atoms with Gasteiger partial charge in [-0.25, -0.2) is 8.42 Å². The number of nitrogens with zero attached hydrogens (tertiary/aromatic N) is 3. The smallest absolute Gasteiger partial charge is 0.257 e. The van der Waals surface area contributed by atoms with Crippen molar-refractivity contribution in [3.8, 4) is 11.5 Å². The molecule has 1 aromatic carbocycles. The standard InChI is InChI=1S/C14H15N3O3S/c1-17-7-5-10-3-4-11(9-12(10)17)14-15-13(16-20-14)6-8-21(2,18)19/h3-5,7,9H,6,8H2,1-2H3. The molecule has 0 amide bonds. The van der Waals surface area contributed by atoms with Crippen molar-refractivity contribution in [2.45, 2.75) is 6.42 Å². The summed E-state index contributed by atoms with van der Waals surface area (Å²) in [6, 6.07) is 7.91. The van der Waals surface area contributed by atoms with Gasteiger partial charge < -0.3 is 9.09 Å². The van der Waals surface area contributed by atoms with Crippen LogP contribution in [0.15, 0.2) is 35.0 Å². The van der Waals surface area contributed by atoms with Crippen LogP contribution in [0.3, 0.4) is 0 Å². The number of sulfone groups is 1. The second kappa shape index (κ2) is 5.00. The number of rotatable bonds is 4. The summed E-state index contributed by atoms with van der Waals surface area (Å²) in [6.45, 7) is 0. The van der Waals surface area contributed by atoms with Crippen LogP contribution in [0.2, 0.25) is 0 Å². The Balaban J connectivity index is 1.88. The van der Waals surface area contributed by atoms with Crippen LogP contribution in [-0.4, -0.2) is 35.1 Å². The molecule has 0 spiro atoms. The molecule has 3 aromatic rings. The van der Waals surface area contributed by atoms with Gasteiger partial charge in [0.25, 0.3) is 5.89 Å². The van der Waals surface area contributed by atoms with E-state index in [0.717, 1.165) is 16.5 Å². The minimum Gasteiger partial charge on any atom is -0.351 e. The molecule has 0 radical (unpaired) electrons. The first-order chi connectivity index (χ1) is 9.92. The lowest BCUT2D eigenvalue weighted by atomic mass is 10.1. The molecule has 0 saturated heterocycles. The molecule has 0 N–H and O–H groups in total. The van der Waals surface area contributed by atoms with Gasteiger partial charge in [-0.3, -0.25) is 0 Å². The van der Waals surface area contributed by atoms with E-state index in [4.69, 9.17) is 4.52 Å². The van der Waals surface area contributed by atoms with Crippen molar-refractivity contribution in [1.82, 2.24) is 14.7 Å². The molecule has 0 aliphatic carbocycles. The topological polar surface area (TPSA) is 78.0 Å². The fourth-order valence-corrected chi connectivity index (χ4v) is 2.70. The van der Waals surface area contributed by atoms with Crippen LogP contribution < -0.4 is 0 Å². The molecule has 6 nitrogen and oxygen atoms in total. The lowest BCUT2D eigenvalue weighted by Crippen LogP contribution is -2.06. The minimum atomic E-state index is -3.03. The highest BCUT2D eigenvalue weighted by molar-refractivity contribution is 7.90. The predicted octanol–water partition coefficient (Wildman–Crippen LogP) is 1.82. The Morgan fingerprint density at radius 3 is 2.86 bits per heavy atom. The van der Waals surface area contributed by atoms with Gasteiger partial charge >= 0.3 is 0 Å². The second-order valence-electron chi connectivity index (χ2n) is 5.10. The predicted molar refractivity (Wildman–Crippen MR) is 79.6 cm³/mol. The maximum atomic E-state index is 11.1. The Hall–Kier alpha value is -2.15. The third-order valence-electron chi connectivity index (χ3n) is 3.30. The van der Waals surface area contributed by atoms with Gasteiger partial charge in [-0.2, -0.15) is 4.98 Å². The summed E-state index contributed by atoms with van der Waals surface area (Å²) in [5.74, 6) is 0.826. The maximum absolute atomic E-state index is 11.1. The van der Waals surface area contributed by atoms with E-state index in [9.17, 15) is 8.42 Å². The molecular formula is C14H15N3O3S. The van der Waals surface area contributed by atoms with E-state index in [0.29, 0.717) is 11.7 Å². The maximum Gasteiger partial charge on any atom is 0.257 e. The van der Waals surface area contributed by atoms with Crippen LogP contribution in [0, 0.1) is 0 Å². The van der Waals surface area contributed by atoms with Gasteiger partial charge in [0.2, 0.25) is 0 Å². The van der Waals surface area contributed by atoms with Crippen LogP contribution in [0.1, 0.15) is 5.82 Å². The highest BCUT2D eigenvalue weighted by Gasteiger charge is 2.12. The zero-order chi connectivity index (χ0) is 15.0. The highest BCUT2D eigenvalue weighted by atomic mass is 32.2. The molecule has 0 bridgehead atoms. The monoisotopic (exact) mass is 305 g/mol. The molecule has 0 fully saturated rings. The Morgan fingerprint density at radius 2 is 2.10 bits per heavy atom. The van der Waals surface area contributed by atoms with E-state index in [1.54, 1.807) is 0 Å². The van der Waals surface area contributed by atoms with Gasteiger partial charge in [-0.15, -0.1) is 0 Å². The summed E-state index contributed by atoms with van der Waals surface area (Å²) in [5.41, 5.74) is 1.89. The molecule has 2 heterocycles. The molecule has 3 rings (SSSR count). The number of fused-ring (bicyclic) bond motifs is 1. The van der Waals surface area contributed by atoms with Crippen LogP contribution >= 0.6 is 0 Å². The average Bonchev–Trinajstić information content (AvgIpc) is 3.03. The molecule has 0 atom stereocenters. The Morgan fingerprint density at radius 1 is 1.29 bits per heavy atom. The van der Waals surface area contributed by atoms with Crippen LogP contribution in [0.4, 0.5) is 0 Å². The lowest BCUT2D eigenvalue weighted by Gasteiger charge is -1.98. The largest absolute Gasteiger partial charge is 0.351 e. The van der Waals surface area contributed by atoms with Gasteiger partial charge in [0, 0.05) is 37.0 Å². The first-order valence-electron chi connectivity index (χ1n) is 6.48. The van der Waals surface area contributed by atoms with E-state index >= 15 is 0 Å². The van der Waals surface area contributed by atoms with E-state index in [1.807, 2.05) is 42.1 Å². The normalized spacial score (nSPS) is 12.1. The molecule has 110 valence electrons. The number of hydrogen-bond donors (Lipinski definition) is 0. The van der Waals surface area contributed by atoms with E-state index in [-0.39, 0.29) is 12.2 Å². The van der Waals surface area contributed by atoms with Crippen molar-refractivity contribution in [2.75, 3.05) is 12.0 Å². The summed E-state index contributed by atoms with van der Waals surface area (Å²) in [5, 5.41) is 4.97. The van der Waals surface area contributed by atoms with E-state index in [1.165, 1.54) is 6.26 Å². The first kappa shape index (κ1) is 13.8. The Bertz CT molecular complexity index is 893. The second-order valence-corrected chi connectivity index (χ2v) is 7.36. The highest BCUT2D eigenvalue weighted by Crippen LogP contribution is 2.23. The Kier molecular flexibility index (Phi) is 3.29. The molecule has 0 aliphatic heterocycles. The fraction of sp³-hybridized carbons (Fsp3) is 0.286. The minimum absolute atomic E-state index is 0.0167. The van der Waals surface area contributed by atoms with Gasteiger partial charge in [-0.1, -0.05) is 11.2 Å². The van der Waals surface area contributed by atoms with Crippen molar-refractivity contribution in [3.05, 3.63) is 36.3 Å². The summed E-state index contributed by atoms with van der Waals surface area (Å²) in [4.78, 5) is 4.25. The van der Waals surface area contributed by atoms with Gasteiger partial charge in [0.15, 0.2) is 5.82 Å². The van der Waals surface area contributed by atoms with E-state index < -0.39 is 9.84 Å². The molecule has 0 saturated carbocycles. The molecular weight excluding hydrogens is 290 g/mol. The van der Waals surface area contributed by atoms with Crippen LogP contribution in [-0.2, 0) is 23.3 Å². The van der Waals surface area contributed by atoms with Gasteiger partial charge in [0.05, 0.1) is 5.75 Å². The zero-order valence-electron chi connectivity index (χ0n) is 11.8. The van der Waals surface area contributed by atoms with Crippen LogP contribution in [0.25, 0.3) is 22.4 Å². The summed E-state index contributed by atoms with van der Waals surface area (Å²) >= 11 is 0. The van der Waals surface area contributed by atoms with Gasteiger partial charge in [0.1, 0.15) is 9.84 Å². The third-order valence-corrected chi connectivity index (χ3v) is 4.25. The van der Waals surface area contributed by atoms with Gasteiger partial charge in [-0.05, 0) is 23.6 Å². The SMILES string of the molecule is Cn1ccc2ccc(-c3nc(CCS(C)(=O)=O)no3)cc21. The third kappa shape index (κ3) is 2.97. The average molecular weight is 305 g/mol. The zero-order valence-corrected chi connectivity index (χ0v) is 12.6. The van der Waals surface area contributed by atoms with Crippen molar-refractivity contribution < 1.29 is 12.9 Å². The summed E-state index contributed by atoms with van der Waals surface area (Å²) in [6.07, 6.45) is 3.44.